The Bertz CT molecular complexity index is 385. The third-order valence-electron chi connectivity index (χ3n) is 2.19. The highest BCUT2D eigenvalue weighted by atomic mass is 79.9. The molecule has 0 aliphatic rings. The van der Waals surface area contributed by atoms with Gasteiger partial charge in [0.1, 0.15) is 5.82 Å². The molecule has 0 heterocycles. The van der Waals surface area contributed by atoms with Gasteiger partial charge in [0.2, 0.25) is 5.91 Å². The SMILES string of the molecule is CCCNC(=O)CNCc1ccc(F)cc1Br. The van der Waals surface area contributed by atoms with Crippen LogP contribution in [0, 0.1) is 5.82 Å². The average Bonchev–Trinajstić information content (AvgIpc) is 2.29. The number of nitrogens with one attached hydrogen (secondary N) is 2. The molecule has 0 aliphatic heterocycles. The maximum Gasteiger partial charge on any atom is 0.233 e. The number of halogens is 2. The molecule has 0 fully saturated rings. The zero-order valence-corrected chi connectivity index (χ0v) is 11.3. The van der Waals surface area contributed by atoms with Crippen molar-refractivity contribution in [1.29, 1.82) is 0 Å². The van der Waals surface area contributed by atoms with E-state index in [2.05, 4.69) is 26.6 Å². The Kier molecular flexibility index (Phi) is 6.15. The Morgan fingerprint density at radius 3 is 2.88 bits per heavy atom. The largest absolute Gasteiger partial charge is 0.355 e. The molecule has 0 bridgehead atoms. The van der Waals surface area contributed by atoms with Crippen molar-refractivity contribution in [2.75, 3.05) is 13.1 Å². The molecule has 1 rings (SSSR count). The molecular formula is C12H16BrFN2O. The first-order chi connectivity index (χ1) is 8.13. The van der Waals surface area contributed by atoms with Crippen LogP contribution in [0.5, 0.6) is 0 Å². The molecule has 0 saturated heterocycles. The lowest BCUT2D eigenvalue weighted by Gasteiger charge is -2.07. The van der Waals surface area contributed by atoms with Gasteiger partial charge < -0.3 is 10.6 Å². The molecule has 1 amide bonds. The molecule has 0 aromatic heterocycles. The number of benzene rings is 1. The van der Waals surface area contributed by atoms with Gasteiger partial charge in [0.05, 0.1) is 6.54 Å². The van der Waals surface area contributed by atoms with Gasteiger partial charge in [-0.1, -0.05) is 28.9 Å². The van der Waals surface area contributed by atoms with Crippen LogP contribution in [-0.2, 0) is 11.3 Å². The molecule has 1 aromatic rings. The van der Waals surface area contributed by atoms with Crippen molar-refractivity contribution in [2.45, 2.75) is 19.9 Å². The van der Waals surface area contributed by atoms with Crippen LogP contribution >= 0.6 is 15.9 Å². The number of rotatable bonds is 6. The summed E-state index contributed by atoms with van der Waals surface area (Å²) in [6, 6.07) is 4.50. The molecular weight excluding hydrogens is 287 g/mol. The standard InChI is InChI=1S/C12H16BrFN2O/c1-2-5-16-12(17)8-15-7-9-3-4-10(14)6-11(9)13/h3-4,6,15H,2,5,7-8H2,1H3,(H,16,17). The summed E-state index contributed by atoms with van der Waals surface area (Å²) in [5.41, 5.74) is 0.926. The average molecular weight is 303 g/mol. The van der Waals surface area contributed by atoms with Crippen molar-refractivity contribution in [3.05, 3.63) is 34.1 Å². The second-order valence-corrected chi connectivity index (χ2v) is 4.54. The number of amides is 1. The monoisotopic (exact) mass is 302 g/mol. The molecule has 0 saturated carbocycles. The third-order valence-corrected chi connectivity index (χ3v) is 2.93. The Morgan fingerprint density at radius 1 is 1.47 bits per heavy atom. The highest BCUT2D eigenvalue weighted by Gasteiger charge is 2.03. The van der Waals surface area contributed by atoms with Crippen molar-refractivity contribution in [3.8, 4) is 0 Å². The van der Waals surface area contributed by atoms with Crippen LogP contribution in [-0.4, -0.2) is 19.0 Å². The lowest BCUT2D eigenvalue weighted by molar-refractivity contribution is -0.120. The van der Waals surface area contributed by atoms with E-state index in [-0.39, 0.29) is 18.3 Å². The minimum Gasteiger partial charge on any atom is -0.355 e. The minimum absolute atomic E-state index is 0.0231. The summed E-state index contributed by atoms with van der Waals surface area (Å²) in [4.78, 5) is 11.3. The molecule has 94 valence electrons. The summed E-state index contributed by atoms with van der Waals surface area (Å²) >= 11 is 3.28. The molecule has 0 atom stereocenters. The molecule has 17 heavy (non-hydrogen) atoms. The lowest BCUT2D eigenvalue weighted by atomic mass is 10.2. The van der Waals surface area contributed by atoms with Gasteiger partial charge in [-0.2, -0.15) is 0 Å². The fourth-order valence-electron chi connectivity index (χ4n) is 1.30. The first-order valence-electron chi connectivity index (χ1n) is 5.54. The first kappa shape index (κ1) is 14.1. The van der Waals surface area contributed by atoms with Crippen molar-refractivity contribution in [3.63, 3.8) is 0 Å². The van der Waals surface area contributed by atoms with Crippen LogP contribution < -0.4 is 10.6 Å². The zero-order chi connectivity index (χ0) is 12.7. The smallest absolute Gasteiger partial charge is 0.233 e. The molecule has 0 aliphatic carbocycles. The Morgan fingerprint density at radius 2 is 2.24 bits per heavy atom. The third kappa shape index (κ3) is 5.28. The highest BCUT2D eigenvalue weighted by Crippen LogP contribution is 2.17. The first-order valence-corrected chi connectivity index (χ1v) is 6.34. The molecule has 2 N–H and O–H groups in total. The van der Waals surface area contributed by atoms with E-state index < -0.39 is 0 Å². The number of carbonyl (C=O) groups excluding carboxylic acids is 1. The summed E-state index contributed by atoms with van der Waals surface area (Å²) < 4.78 is 13.5. The van der Waals surface area contributed by atoms with E-state index in [1.807, 2.05) is 6.92 Å². The van der Waals surface area contributed by atoms with Crippen molar-refractivity contribution >= 4 is 21.8 Å². The van der Waals surface area contributed by atoms with Crippen LogP contribution in [0.4, 0.5) is 4.39 Å². The van der Waals surface area contributed by atoms with E-state index in [4.69, 9.17) is 0 Å². The number of hydrogen-bond donors (Lipinski definition) is 2. The second kappa shape index (κ2) is 7.40. The summed E-state index contributed by atoms with van der Waals surface area (Å²) in [6.45, 7) is 3.49. The van der Waals surface area contributed by atoms with Gasteiger partial charge in [0.15, 0.2) is 0 Å². The fourth-order valence-corrected chi connectivity index (χ4v) is 1.79. The van der Waals surface area contributed by atoms with Gasteiger partial charge in [0.25, 0.3) is 0 Å². The van der Waals surface area contributed by atoms with E-state index >= 15 is 0 Å². The van der Waals surface area contributed by atoms with E-state index in [9.17, 15) is 9.18 Å². The normalized spacial score (nSPS) is 10.3. The Labute approximate surface area is 109 Å². The van der Waals surface area contributed by atoms with Gasteiger partial charge in [-0.25, -0.2) is 4.39 Å². The second-order valence-electron chi connectivity index (χ2n) is 3.69. The van der Waals surface area contributed by atoms with Gasteiger partial charge in [-0.05, 0) is 24.1 Å². The molecule has 0 radical (unpaired) electrons. The number of carbonyl (C=O) groups is 1. The highest BCUT2D eigenvalue weighted by molar-refractivity contribution is 9.10. The molecule has 5 heteroatoms. The van der Waals surface area contributed by atoms with E-state index in [1.54, 1.807) is 6.07 Å². The van der Waals surface area contributed by atoms with Crippen LogP contribution in [0.2, 0.25) is 0 Å². The minimum atomic E-state index is -0.277. The van der Waals surface area contributed by atoms with Crippen LogP contribution in [0.3, 0.4) is 0 Å². The van der Waals surface area contributed by atoms with E-state index in [0.717, 1.165) is 12.0 Å². The maximum absolute atomic E-state index is 12.8. The van der Waals surface area contributed by atoms with Crippen molar-refractivity contribution in [1.82, 2.24) is 10.6 Å². The quantitative estimate of drug-likeness (QED) is 0.846. The molecule has 0 unspecified atom stereocenters. The van der Waals surface area contributed by atoms with Gasteiger partial charge in [-0.15, -0.1) is 0 Å². The molecule has 3 nitrogen and oxygen atoms in total. The Hall–Kier alpha value is -0.940. The predicted octanol–water partition coefficient (Wildman–Crippen LogP) is 2.20. The van der Waals surface area contributed by atoms with E-state index in [1.165, 1.54) is 12.1 Å². The van der Waals surface area contributed by atoms with E-state index in [0.29, 0.717) is 17.6 Å². The topological polar surface area (TPSA) is 41.1 Å². The van der Waals surface area contributed by atoms with Gasteiger partial charge >= 0.3 is 0 Å². The molecule has 1 aromatic carbocycles. The Balaban J connectivity index is 2.33. The van der Waals surface area contributed by atoms with Gasteiger partial charge in [0, 0.05) is 17.6 Å². The zero-order valence-electron chi connectivity index (χ0n) is 9.72. The summed E-state index contributed by atoms with van der Waals surface area (Å²) in [7, 11) is 0. The fraction of sp³-hybridized carbons (Fsp3) is 0.417. The summed E-state index contributed by atoms with van der Waals surface area (Å²) in [5, 5.41) is 5.78. The van der Waals surface area contributed by atoms with Crippen molar-refractivity contribution < 1.29 is 9.18 Å². The summed E-state index contributed by atoms with van der Waals surface area (Å²) in [6.07, 6.45) is 0.926. The van der Waals surface area contributed by atoms with Crippen LogP contribution in [0.25, 0.3) is 0 Å². The maximum atomic E-state index is 12.8. The summed E-state index contributed by atoms with van der Waals surface area (Å²) in [5.74, 6) is -0.300. The lowest BCUT2D eigenvalue weighted by Crippen LogP contribution is -2.33. The van der Waals surface area contributed by atoms with Crippen LogP contribution in [0.15, 0.2) is 22.7 Å². The van der Waals surface area contributed by atoms with Crippen LogP contribution in [0.1, 0.15) is 18.9 Å². The molecule has 0 spiro atoms. The van der Waals surface area contributed by atoms with Crippen molar-refractivity contribution in [2.24, 2.45) is 0 Å². The number of hydrogen-bond acceptors (Lipinski definition) is 2. The predicted molar refractivity (Wildman–Crippen MR) is 69.1 cm³/mol. The van der Waals surface area contributed by atoms with Gasteiger partial charge in [-0.3, -0.25) is 4.79 Å².